The lowest BCUT2D eigenvalue weighted by molar-refractivity contribution is -0.121. The first kappa shape index (κ1) is 19.9. The number of aromatic nitrogens is 1. The summed E-state index contributed by atoms with van der Waals surface area (Å²) >= 11 is 1.92. The van der Waals surface area contributed by atoms with Crippen molar-refractivity contribution in [2.24, 2.45) is 0 Å². The molecule has 2 aliphatic rings. The first-order valence-electron chi connectivity index (χ1n) is 9.69. The number of aryl methyl sites for hydroxylation is 1. The molecular weight excluding hydrogens is 362 g/mol. The van der Waals surface area contributed by atoms with Gasteiger partial charge >= 0.3 is 6.03 Å². The summed E-state index contributed by atoms with van der Waals surface area (Å²) in [6.45, 7) is 4.09. The van der Waals surface area contributed by atoms with Crippen molar-refractivity contribution in [3.8, 4) is 0 Å². The summed E-state index contributed by atoms with van der Waals surface area (Å²) in [5.74, 6) is 1.10. The SMILES string of the molecule is Cc1ccc(CNCCNC(=O)CCCC[C@@H]2SC[C@@H]3NC(=O)N[C@@H]32)nc1. The third kappa shape index (κ3) is 6.10. The van der Waals surface area contributed by atoms with Crippen molar-refractivity contribution in [2.75, 3.05) is 18.8 Å². The third-order valence-electron chi connectivity index (χ3n) is 4.98. The molecule has 0 saturated carbocycles. The van der Waals surface area contributed by atoms with E-state index < -0.39 is 0 Å². The third-order valence-corrected chi connectivity index (χ3v) is 6.49. The van der Waals surface area contributed by atoms with E-state index in [9.17, 15) is 9.59 Å². The second-order valence-electron chi connectivity index (χ2n) is 7.22. The van der Waals surface area contributed by atoms with E-state index in [-0.39, 0.29) is 24.0 Å². The Balaban J connectivity index is 1.19. The molecule has 7 nitrogen and oxygen atoms in total. The number of hydrogen-bond donors (Lipinski definition) is 4. The van der Waals surface area contributed by atoms with E-state index in [4.69, 9.17) is 0 Å². The van der Waals surface area contributed by atoms with Gasteiger partial charge in [-0.3, -0.25) is 9.78 Å². The predicted octanol–water partition coefficient (Wildman–Crippen LogP) is 1.32. The average molecular weight is 392 g/mol. The highest BCUT2D eigenvalue weighted by molar-refractivity contribution is 8.00. The molecule has 2 aliphatic heterocycles. The number of thioether (sulfide) groups is 1. The first-order valence-corrected chi connectivity index (χ1v) is 10.7. The van der Waals surface area contributed by atoms with Crippen molar-refractivity contribution in [3.05, 3.63) is 29.6 Å². The summed E-state index contributed by atoms with van der Waals surface area (Å²) < 4.78 is 0. The Bertz CT molecular complexity index is 639. The highest BCUT2D eigenvalue weighted by atomic mass is 32.2. The van der Waals surface area contributed by atoms with Crippen LogP contribution in [-0.2, 0) is 11.3 Å². The maximum Gasteiger partial charge on any atom is 0.315 e. The van der Waals surface area contributed by atoms with Gasteiger partial charge in [-0.1, -0.05) is 12.5 Å². The molecule has 4 N–H and O–H groups in total. The van der Waals surface area contributed by atoms with Crippen molar-refractivity contribution in [3.63, 3.8) is 0 Å². The van der Waals surface area contributed by atoms with Gasteiger partial charge in [-0.2, -0.15) is 11.8 Å². The molecule has 0 radical (unpaired) electrons. The number of unbranched alkanes of at least 4 members (excludes halogenated alkanes) is 1. The monoisotopic (exact) mass is 391 g/mol. The zero-order chi connectivity index (χ0) is 19.1. The molecule has 2 fully saturated rings. The van der Waals surface area contributed by atoms with Gasteiger partial charge in [-0.05, 0) is 31.4 Å². The van der Waals surface area contributed by atoms with E-state index in [1.54, 1.807) is 0 Å². The van der Waals surface area contributed by atoms with Crippen LogP contribution in [0.25, 0.3) is 0 Å². The molecule has 27 heavy (non-hydrogen) atoms. The summed E-state index contributed by atoms with van der Waals surface area (Å²) in [5, 5.41) is 12.7. The van der Waals surface area contributed by atoms with Crippen LogP contribution < -0.4 is 21.3 Å². The number of carbonyl (C=O) groups is 2. The lowest BCUT2D eigenvalue weighted by atomic mass is 10.0. The molecule has 0 spiro atoms. The molecule has 3 amide bonds. The van der Waals surface area contributed by atoms with Gasteiger partial charge in [-0.15, -0.1) is 0 Å². The molecule has 148 valence electrons. The topological polar surface area (TPSA) is 95.1 Å². The Labute approximate surface area is 164 Å². The van der Waals surface area contributed by atoms with Gasteiger partial charge in [0, 0.05) is 43.3 Å². The minimum absolute atomic E-state index is 0.0403. The largest absolute Gasteiger partial charge is 0.355 e. The van der Waals surface area contributed by atoms with Crippen LogP contribution in [-0.4, -0.2) is 53.1 Å². The number of carbonyl (C=O) groups excluding carboxylic acids is 2. The standard InChI is InChI=1S/C19H29N5O2S/c1-13-6-7-14(22-10-13)11-20-8-9-21-17(25)5-3-2-4-16-18-15(12-27-16)23-19(26)24-18/h6-7,10,15-16,18,20H,2-5,8-9,11-12H2,1H3,(H,21,25)(H2,23,24,26)/t15-,16-,18-/m0/s1. The zero-order valence-electron chi connectivity index (χ0n) is 15.8. The van der Waals surface area contributed by atoms with Crippen LogP contribution in [0.1, 0.15) is 36.9 Å². The molecule has 0 bridgehead atoms. The maximum absolute atomic E-state index is 11.9. The van der Waals surface area contributed by atoms with Crippen LogP contribution in [0.3, 0.4) is 0 Å². The van der Waals surface area contributed by atoms with E-state index in [2.05, 4.69) is 26.3 Å². The van der Waals surface area contributed by atoms with Crippen LogP contribution in [0.2, 0.25) is 0 Å². The smallest absolute Gasteiger partial charge is 0.315 e. The Hall–Kier alpha value is -1.80. The number of urea groups is 1. The van der Waals surface area contributed by atoms with E-state index in [0.717, 1.165) is 42.8 Å². The second-order valence-corrected chi connectivity index (χ2v) is 8.49. The van der Waals surface area contributed by atoms with E-state index in [1.165, 1.54) is 0 Å². The lowest BCUT2D eigenvalue weighted by Gasteiger charge is -2.16. The van der Waals surface area contributed by atoms with Crippen molar-refractivity contribution >= 4 is 23.7 Å². The van der Waals surface area contributed by atoms with Gasteiger partial charge in [0.25, 0.3) is 0 Å². The summed E-state index contributed by atoms with van der Waals surface area (Å²) in [5.41, 5.74) is 2.16. The number of hydrogen-bond acceptors (Lipinski definition) is 5. The fraction of sp³-hybridized carbons (Fsp3) is 0.632. The molecule has 3 heterocycles. The highest BCUT2D eigenvalue weighted by Gasteiger charge is 2.42. The maximum atomic E-state index is 11.9. The quantitative estimate of drug-likeness (QED) is 0.356. The van der Waals surface area contributed by atoms with Crippen molar-refractivity contribution in [2.45, 2.75) is 56.5 Å². The van der Waals surface area contributed by atoms with Crippen molar-refractivity contribution in [1.82, 2.24) is 26.3 Å². The Morgan fingerprint density at radius 2 is 2.19 bits per heavy atom. The van der Waals surface area contributed by atoms with E-state index in [0.29, 0.717) is 24.8 Å². The molecular formula is C19H29N5O2S. The summed E-state index contributed by atoms with van der Waals surface area (Å²) in [6, 6.07) is 4.55. The van der Waals surface area contributed by atoms with E-state index in [1.807, 2.05) is 37.0 Å². The molecule has 0 aliphatic carbocycles. The number of rotatable bonds is 10. The van der Waals surface area contributed by atoms with Crippen molar-refractivity contribution in [1.29, 1.82) is 0 Å². The number of nitrogens with zero attached hydrogens (tertiary/aromatic N) is 1. The van der Waals surface area contributed by atoms with Crippen LogP contribution in [0.4, 0.5) is 4.79 Å². The Kier molecular flexibility index (Phi) is 7.34. The van der Waals surface area contributed by atoms with Gasteiger partial charge in [0.1, 0.15) is 0 Å². The van der Waals surface area contributed by atoms with Gasteiger partial charge in [0.15, 0.2) is 0 Å². The number of fused-ring (bicyclic) bond motifs is 1. The predicted molar refractivity (Wildman–Crippen MR) is 108 cm³/mol. The molecule has 3 atom stereocenters. The Morgan fingerprint density at radius 3 is 3.00 bits per heavy atom. The lowest BCUT2D eigenvalue weighted by Crippen LogP contribution is -2.36. The highest BCUT2D eigenvalue weighted by Crippen LogP contribution is 2.33. The van der Waals surface area contributed by atoms with Crippen LogP contribution in [0, 0.1) is 6.92 Å². The molecule has 8 heteroatoms. The van der Waals surface area contributed by atoms with Crippen LogP contribution in [0.5, 0.6) is 0 Å². The minimum atomic E-state index is -0.0403. The van der Waals surface area contributed by atoms with Crippen molar-refractivity contribution < 1.29 is 9.59 Å². The number of pyridine rings is 1. The van der Waals surface area contributed by atoms with Crippen LogP contribution in [0.15, 0.2) is 18.3 Å². The fourth-order valence-electron chi connectivity index (χ4n) is 3.47. The Morgan fingerprint density at radius 1 is 1.30 bits per heavy atom. The van der Waals surface area contributed by atoms with Gasteiger partial charge in [0.2, 0.25) is 5.91 Å². The van der Waals surface area contributed by atoms with E-state index >= 15 is 0 Å². The average Bonchev–Trinajstić information content (AvgIpc) is 3.19. The number of nitrogens with one attached hydrogen (secondary N) is 4. The summed E-state index contributed by atoms with van der Waals surface area (Å²) in [4.78, 5) is 27.6. The van der Waals surface area contributed by atoms with Gasteiger partial charge in [0.05, 0.1) is 17.8 Å². The summed E-state index contributed by atoms with van der Waals surface area (Å²) in [6.07, 6.45) is 5.38. The fourth-order valence-corrected chi connectivity index (χ4v) is 5.02. The first-order chi connectivity index (χ1) is 13.1. The van der Waals surface area contributed by atoms with Gasteiger partial charge < -0.3 is 21.3 Å². The molecule has 1 aromatic rings. The van der Waals surface area contributed by atoms with Crippen LogP contribution >= 0.6 is 11.8 Å². The molecule has 3 rings (SSSR count). The zero-order valence-corrected chi connectivity index (χ0v) is 16.6. The molecule has 0 unspecified atom stereocenters. The normalized spacial score (nSPS) is 23.6. The molecule has 1 aromatic heterocycles. The van der Waals surface area contributed by atoms with Gasteiger partial charge in [-0.25, -0.2) is 4.79 Å². The summed E-state index contributed by atoms with van der Waals surface area (Å²) in [7, 11) is 0. The number of amides is 3. The second kappa shape index (κ2) is 9.94. The molecule has 0 aromatic carbocycles. The molecule has 2 saturated heterocycles. The minimum Gasteiger partial charge on any atom is -0.355 e.